The molecule has 0 bridgehead atoms. The third kappa shape index (κ3) is 4.13. The molecule has 0 spiro atoms. The Bertz CT molecular complexity index is 735. The summed E-state index contributed by atoms with van der Waals surface area (Å²) in [6.07, 6.45) is 8.67. The van der Waals surface area contributed by atoms with E-state index >= 15 is 0 Å². The molecule has 0 aromatic carbocycles. The van der Waals surface area contributed by atoms with Gasteiger partial charge in [-0.15, -0.1) is 0 Å². The van der Waals surface area contributed by atoms with Crippen LogP contribution in [0.2, 0.25) is 0 Å². The van der Waals surface area contributed by atoms with E-state index in [4.69, 9.17) is 4.74 Å². The van der Waals surface area contributed by atoms with Crippen molar-refractivity contribution < 1.29 is 9.53 Å². The first-order chi connectivity index (χ1) is 12.5. The van der Waals surface area contributed by atoms with Gasteiger partial charge in [0, 0.05) is 38.5 Å². The fraction of sp³-hybridized carbons (Fsp3) is 0.500. The molecule has 2 aromatic heterocycles. The second-order valence-corrected chi connectivity index (χ2v) is 6.83. The smallest absolute Gasteiger partial charge is 0.254 e. The first-order valence-electron chi connectivity index (χ1n) is 8.70. The Kier molecular flexibility index (Phi) is 5.41. The number of carbonyl (C=O) groups excluding carboxylic acids is 1. The van der Waals surface area contributed by atoms with Crippen molar-refractivity contribution >= 4 is 17.7 Å². The van der Waals surface area contributed by atoms with Crippen LogP contribution in [0.15, 0.2) is 30.9 Å². The normalized spacial score (nSPS) is 17.8. The minimum atomic E-state index is -0.809. The predicted octanol–water partition coefficient (Wildman–Crippen LogP) is 2.14. The zero-order chi connectivity index (χ0) is 18.6. The summed E-state index contributed by atoms with van der Waals surface area (Å²) in [5.74, 6) is 1.25. The summed E-state index contributed by atoms with van der Waals surface area (Å²) in [4.78, 5) is 31.6. The molecule has 0 unspecified atom stereocenters. The van der Waals surface area contributed by atoms with Crippen molar-refractivity contribution in [3.8, 4) is 0 Å². The number of likely N-dealkylation sites (tertiary alicyclic amines) is 1. The first-order valence-corrected chi connectivity index (χ1v) is 8.70. The van der Waals surface area contributed by atoms with E-state index in [2.05, 4.69) is 25.3 Å². The van der Waals surface area contributed by atoms with E-state index in [-0.39, 0.29) is 11.8 Å². The molecule has 8 heteroatoms. The molecule has 1 aliphatic heterocycles. The van der Waals surface area contributed by atoms with Gasteiger partial charge in [0.2, 0.25) is 5.95 Å². The van der Waals surface area contributed by atoms with Gasteiger partial charge in [-0.25, -0.2) is 15.0 Å². The van der Waals surface area contributed by atoms with Crippen molar-refractivity contribution in [1.82, 2.24) is 24.8 Å². The molecule has 1 amide bonds. The third-order valence-corrected chi connectivity index (χ3v) is 4.63. The molecule has 0 aliphatic carbocycles. The number of hydrogen-bond donors (Lipinski definition) is 1. The lowest BCUT2D eigenvalue weighted by Gasteiger charge is -2.36. The van der Waals surface area contributed by atoms with Crippen LogP contribution in [-0.4, -0.2) is 56.5 Å². The Morgan fingerprint density at radius 2 is 2.00 bits per heavy atom. The highest BCUT2D eigenvalue weighted by atomic mass is 16.5. The van der Waals surface area contributed by atoms with Crippen molar-refractivity contribution in [3.05, 3.63) is 36.5 Å². The van der Waals surface area contributed by atoms with Crippen LogP contribution in [0.1, 0.15) is 38.3 Å². The molecule has 0 radical (unpaired) electrons. The SMILES string of the molecule is COC(C)(C)C(=O)N1CCC[C@@H](c2cnc(Nc3ncccn3)cn2)C1. The van der Waals surface area contributed by atoms with Crippen molar-refractivity contribution in [3.63, 3.8) is 0 Å². The molecule has 3 heterocycles. The number of ether oxygens (including phenoxy) is 1. The molecule has 138 valence electrons. The Hall–Kier alpha value is -2.61. The minimum absolute atomic E-state index is 0.0113. The monoisotopic (exact) mass is 356 g/mol. The van der Waals surface area contributed by atoms with Gasteiger partial charge in [-0.2, -0.15) is 0 Å². The Morgan fingerprint density at radius 1 is 1.23 bits per heavy atom. The lowest BCUT2D eigenvalue weighted by Crippen LogP contribution is -2.49. The van der Waals surface area contributed by atoms with Crippen LogP contribution in [0.4, 0.5) is 11.8 Å². The number of amides is 1. The summed E-state index contributed by atoms with van der Waals surface area (Å²) in [5.41, 5.74) is 0.0778. The Morgan fingerprint density at radius 3 is 2.65 bits per heavy atom. The highest BCUT2D eigenvalue weighted by molar-refractivity contribution is 5.84. The third-order valence-electron chi connectivity index (χ3n) is 4.63. The van der Waals surface area contributed by atoms with E-state index in [1.807, 2.05) is 4.90 Å². The van der Waals surface area contributed by atoms with E-state index in [0.717, 1.165) is 25.1 Å². The molecule has 1 fully saturated rings. The zero-order valence-corrected chi connectivity index (χ0v) is 15.3. The molecule has 1 N–H and O–H groups in total. The van der Waals surface area contributed by atoms with E-state index in [1.54, 1.807) is 51.8 Å². The number of anilines is 2. The van der Waals surface area contributed by atoms with Gasteiger partial charge >= 0.3 is 0 Å². The number of rotatable bonds is 5. The lowest BCUT2D eigenvalue weighted by atomic mass is 9.93. The topological polar surface area (TPSA) is 93.1 Å². The maximum absolute atomic E-state index is 12.6. The minimum Gasteiger partial charge on any atom is -0.369 e. The van der Waals surface area contributed by atoms with Crippen LogP contribution in [0, 0.1) is 0 Å². The van der Waals surface area contributed by atoms with Crippen LogP contribution in [0.3, 0.4) is 0 Å². The second kappa shape index (κ2) is 7.74. The van der Waals surface area contributed by atoms with Gasteiger partial charge in [0.15, 0.2) is 5.82 Å². The van der Waals surface area contributed by atoms with Gasteiger partial charge in [0.1, 0.15) is 5.60 Å². The molecule has 1 saturated heterocycles. The average molecular weight is 356 g/mol. The van der Waals surface area contributed by atoms with Gasteiger partial charge < -0.3 is 15.0 Å². The molecule has 8 nitrogen and oxygen atoms in total. The maximum Gasteiger partial charge on any atom is 0.254 e. The molecule has 2 aromatic rings. The number of hydrogen-bond acceptors (Lipinski definition) is 7. The molecular weight excluding hydrogens is 332 g/mol. The van der Waals surface area contributed by atoms with Crippen molar-refractivity contribution in [2.45, 2.75) is 38.2 Å². The molecule has 0 saturated carbocycles. The number of carbonyl (C=O) groups is 1. The summed E-state index contributed by atoms with van der Waals surface area (Å²) >= 11 is 0. The van der Waals surface area contributed by atoms with Crippen molar-refractivity contribution in [2.75, 3.05) is 25.5 Å². The van der Waals surface area contributed by atoms with Crippen molar-refractivity contribution in [2.24, 2.45) is 0 Å². The average Bonchev–Trinajstić information content (AvgIpc) is 2.69. The highest BCUT2D eigenvalue weighted by Crippen LogP contribution is 2.27. The quantitative estimate of drug-likeness (QED) is 0.877. The summed E-state index contributed by atoms with van der Waals surface area (Å²) in [6.45, 7) is 4.98. The predicted molar refractivity (Wildman–Crippen MR) is 97.0 cm³/mol. The van der Waals surface area contributed by atoms with E-state index < -0.39 is 5.60 Å². The van der Waals surface area contributed by atoms with Gasteiger partial charge in [-0.05, 0) is 32.8 Å². The van der Waals surface area contributed by atoms with Crippen LogP contribution < -0.4 is 5.32 Å². The number of nitrogens with one attached hydrogen (secondary N) is 1. The van der Waals surface area contributed by atoms with Gasteiger partial charge in [0.05, 0.1) is 18.1 Å². The Balaban J connectivity index is 1.66. The highest BCUT2D eigenvalue weighted by Gasteiger charge is 2.35. The lowest BCUT2D eigenvalue weighted by molar-refractivity contribution is -0.152. The first kappa shape index (κ1) is 18.2. The number of methoxy groups -OCH3 is 1. The molecule has 26 heavy (non-hydrogen) atoms. The maximum atomic E-state index is 12.6. The van der Waals surface area contributed by atoms with Crippen LogP contribution in [0.25, 0.3) is 0 Å². The summed E-state index contributed by atoms with van der Waals surface area (Å²) in [6, 6.07) is 1.75. The summed E-state index contributed by atoms with van der Waals surface area (Å²) in [7, 11) is 1.56. The van der Waals surface area contributed by atoms with Crippen LogP contribution in [-0.2, 0) is 9.53 Å². The molecule has 1 aliphatic rings. The summed E-state index contributed by atoms with van der Waals surface area (Å²) < 4.78 is 5.33. The number of aromatic nitrogens is 4. The van der Waals surface area contributed by atoms with E-state index in [0.29, 0.717) is 18.3 Å². The van der Waals surface area contributed by atoms with Gasteiger partial charge in [-0.1, -0.05) is 0 Å². The fourth-order valence-corrected chi connectivity index (χ4v) is 2.96. The molecule has 1 atom stereocenters. The van der Waals surface area contributed by atoms with Gasteiger partial charge in [0.25, 0.3) is 5.91 Å². The number of piperidine rings is 1. The van der Waals surface area contributed by atoms with Crippen LogP contribution in [0.5, 0.6) is 0 Å². The van der Waals surface area contributed by atoms with Gasteiger partial charge in [-0.3, -0.25) is 9.78 Å². The fourth-order valence-electron chi connectivity index (χ4n) is 2.96. The Labute approximate surface area is 153 Å². The number of nitrogens with zero attached hydrogens (tertiary/aromatic N) is 5. The molecular formula is C18H24N6O2. The van der Waals surface area contributed by atoms with E-state index in [9.17, 15) is 4.79 Å². The zero-order valence-electron chi connectivity index (χ0n) is 15.3. The molecule has 3 rings (SSSR count). The standard InChI is InChI=1S/C18H24N6O2/c1-18(2,26-3)16(25)24-9-4-6-13(12-24)14-10-22-15(11-21-14)23-17-19-7-5-8-20-17/h5,7-8,10-11,13H,4,6,9,12H2,1-3H3,(H,19,20,22,23)/t13-/m1/s1. The largest absolute Gasteiger partial charge is 0.369 e. The van der Waals surface area contributed by atoms with Crippen molar-refractivity contribution in [1.29, 1.82) is 0 Å². The van der Waals surface area contributed by atoms with Crippen LogP contribution >= 0.6 is 0 Å². The second-order valence-electron chi connectivity index (χ2n) is 6.83. The summed E-state index contributed by atoms with van der Waals surface area (Å²) in [5, 5.41) is 3.01. The van der Waals surface area contributed by atoms with E-state index in [1.165, 1.54) is 0 Å².